The van der Waals surface area contributed by atoms with E-state index >= 15 is 4.79 Å². The van der Waals surface area contributed by atoms with E-state index in [9.17, 15) is 65.8 Å². The van der Waals surface area contributed by atoms with Crippen LogP contribution in [0.1, 0.15) is 67.8 Å². The molecule has 2 aromatic carbocycles. The summed E-state index contributed by atoms with van der Waals surface area (Å²) in [6, 6.07) is 6.39. The van der Waals surface area contributed by atoms with Gasteiger partial charge < -0.3 is 89.8 Å². The Labute approximate surface area is 431 Å². The van der Waals surface area contributed by atoms with Crippen molar-refractivity contribution in [2.45, 2.75) is 124 Å². The van der Waals surface area contributed by atoms with Gasteiger partial charge >= 0.3 is 11.9 Å². The summed E-state index contributed by atoms with van der Waals surface area (Å²) >= 11 is 0. The number of carboxylic acids is 1. The maximum Gasteiger partial charge on any atom is 0.351 e. The molecule has 1 aliphatic carbocycles. The number of phenolic OH excluding ortho intramolecular Hbond substituents is 3. The van der Waals surface area contributed by atoms with E-state index in [1.54, 1.807) is 18.3 Å². The largest absolute Gasteiger partial charge is 0.507 e. The summed E-state index contributed by atoms with van der Waals surface area (Å²) in [5.41, 5.74) is -7.56. The Hall–Kier alpha value is -7.19. The van der Waals surface area contributed by atoms with Crippen LogP contribution < -0.4 is 20.8 Å². The molecular formula is C54H53N3O19. The standard InChI is InChI=1S/C54H53N3O19/c1-3-31-29(20-28-23(2)7-13-56-47(28)57-31)30-18-27-19-32-24(8-14-55-32)6-4-11-52(71)45(66)46(67)54(27,76-53(52)12-5-10-51(49(68)69)44(65)42(63)43(64)48(75-51)73-50(53)70)74-37-22-36-39(41(62)38(30)37)33(59)21-35(72-36)26-16-25(9-15-58)40(61)34(60)17-26/h8,14,16-18,20-23,30,42-48,55-58,60-67,71H,3,7,9,11-13,15,19H2,1-2H3,(H,68,69). The zero-order valence-corrected chi connectivity index (χ0v) is 40.7. The first kappa shape index (κ1) is 50.9. The fourth-order valence-electron chi connectivity index (χ4n) is 11.6. The number of nitrogens with one attached hydrogen (secondary N) is 3. The molecule has 13 unspecified atom stereocenters. The lowest BCUT2D eigenvalue weighted by molar-refractivity contribution is -0.378. The SMILES string of the molecule is CCC1=C(C2C=C3Cc4[nH]ccc4C#CCC4(O)C(O)C(O)C3(Oc3cc5oc(-c6cc(O)c(O)c(CCO)c6)cc(=O)c5c(O)c32)OC42CC#CC3(C(=O)O)OC(OC2=O)C(O)C(O)C3O)C=C2C(C)CCNC2N1. The van der Waals surface area contributed by atoms with Crippen LogP contribution in [0.4, 0.5) is 0 Å². The van der Waals surface area contributed by atoms with Gasteiger partial charge in [0.25, 0.3) is 11.4 Å². The highest BCUT2D eigenvalue weighted by atomic mass is 16.8. The Morgan fingerprint density at radius 2 is 1.75 bits per heavy atom. The van der Waals surface area contributed by atoms with Gasteiger partial charge in [0.2, 0.25) is 11.9 Å². The van der Waals surface area contributed by atoms with Gasteiger partial charge in [-0.05, 0) is 61.1 Å². The van der Waals surface area contributed by atoms with Crippen molar-refractivity contribution in [3.63, 3.8) is 0 Å². The minimum atomic E-state index is -3.15. The smallest absolute Gasteiger partial charge is 0.351 e. The molecular weight excluding hydrogens is 995 g/mol. The highest BCUT2D eigenvalue weighted by Crippen LogP contribution is 2.57. The quantitative estimate of drug-likeness (QED) is 0.0528. The van der Waals surface area contributed by atoms with Gasteiger partial charge in [0.1, 0.15) is 58.2 Å². The van der Waals surface area contributed by atoms with Crippen LogP contribution in [0.2, 0.25) is 0 Å². The van der Waals surface area contributed by atoms with Crippen LogP contribution in [0, 0.1) is 29.6 Å². The number of H-pyrrole nitrogens is 1. The summed E-state index contributed by atoms with van der Waals surface area (Å²) < 4.78 is 31.5. The zero-order valence-electron chi connectivity index (χ0n) is 40.7. The van der Waals surface area contributed by atoms with Crippen LogP contribution in [-0.2, 0) is 36.6 Å². The summed E-state index contributed by atoms with van der Waals surface area (Å²) in [5, 5.41) is 133. The molecule has 0 amide bonds. The van der Waals surface area contributed by atoms with E-state index in [2.05, 4.69) is 46.2 Å². The van der Waals surface area contributed by atoms with E-state index in [1.807, 2.05) is 13.0 Å². The molecule has 12 rings (SSSR count). The van der Waals surface area contributed by atoms with E-state index in [-0.39, 0.29) is 69.7 Å². The van der Waals surface area contributed by atoms with Crippen LogP contribution >= 0.6 is 0 Å². The van der Waals surface area contributed by atoms with Crippen molar-refractivity contribution < 1.29 is 89.1 Å². The van der Waals surface area contributed by atoms with Crippen LogP contribution in [0.15, 0.2) is 80.3 Å². The number of hydrogen-bond acceptors (Lipinski definition) is 20. The average molecular weight is 1050 g/mol. The van der Waals surface area contributed by atoms with E-state index in [4.69, 9.17) is 23.4 Å². The molecule has 0 saturated carbocycles. The number of aliphatic hydroxyl groups is 7. The summed E-state index contributed by atoms with van der Waals surface area (Å²) in [5.74, 6) is 0.320. The maximum atomic E-state index is 15.3. The number of rotatable bonds is 6. The molecule has 0 radical (unpaired) electrons. The van der Waals surface area contributed by atoms with Crippen molar-refractivity contribution in [2.24, 2.45) is 5.92 Å². The van der Waals surface area contributed by atoms with Crippen LogP contribution in [0.25, 0.3) is 22.3 Å². The van der Waals surface area contributed by atoms with Gasteiger partial charge in [0, 0.05) is 82.9 Å². The fourth-order valence-corrected chi connectivity index (χ4v) is 11.6. The molecule has 7 aliphatic heterocycles. The van der Waals surface area contributed by atoms with Gasteiger partial charge in [-0.1, -0.05) is 49.7 Å². The Morgan fingerprint density at radius 3 is 2.50 bits per heavy atom. The molecule has 3 fully saturated rings. The molecule has 398 valence electrons. The number of piperidine rings is 1. The van der Waals surface area contributed by atoms with Crippen LogP contribution in [0.5, 0.6) is 23.0 Å². The van der Waals surface area contributed by atoms with E-state index in [0.717, 1.165) is 24.1 Å². The third kappa shape index (κ3) is 7.39. The third-order valence-electron chi connectivity index (χ3n) is 15.9. The number of aliphatic carboxylic acids is 1. The van der Waals surface area contributed by atoms with Gasteiger partial charge in [0.15, 0.2) is 23.0 Å². The zero-order chi connectivity index (χ0) is 54.0. The lowest BCUT2D eigenvalue weighted by Gasteiger charge is -2.57. The Kier molecular flexibility index (Phi) is 12.2. The molecule has 22 heteroatoms. The number of allylic oxidation sites excluding steroid dienone is 4. The number of carbonyl (C=O) groups is 2. The van der Waals surface area contributed by atoms with Crippen molar-refractivity contribution in [1.29, 1.82) is 0 Å². The number of fused-ring (bicyclic) bond motifs is 7. The Morgan fingerprint density at radius 1 is 0.961 bits per heavy atom. The number of aliphatic hydroxyl groups excluding tert-OH is 6. The second-order valence-electron chi connectivity index (χ2n) is 20.2. The molecule has 9 heterocycles. The predicted octanol–water partition coefficient (Wildman–Crippen LogP) is 0.120. The average Bonchev–Trinajstić information content (AvgIpc) is 3.96. The highest BCUT2D eigenvalue weighted by molar-refractivity contribution is 5.90. The molecule has 22 nitrogen and oxygen atoms in total. The number of benzene rings is 2. The summed E-state index contributed by atoms with van der Waals surface area (Å²) in [6.07, 6.45) is -11.0. The number of aromatic hydroxyl groups is 3. The summed E-state index contributed by atoms with van der Waals surface area (Å²) in [7, 11) is 0. The van der Waals surface area contributed by atoms with Crippen LogP contribution in [-0.4, -0.2) is 152 Å². The summed E-state index contributed by atoms with van der Waals surface area (Å²) in [6.45, 7) is 4.25. The van der Waals surface area contributed by atoms with Crippen molar-refractivity contribution in [2.75, 3.05) is 13.2 Å². The topological polar surface area (TPSA) is 364 Å². The molecule has 2 spiro atoms. The molecule has 76 heavy (non-hydrogen) atoms. The first-order valence-corrected chi connectivity index (χ1v) is 24.7. The maximum absolute atomic E-state index is 15.3. The number of aromatic amines is 1. The van der Waals surface area contributed by atoms with Gasteiger partial charge in [-0.15, -0.1) is 0 Å². The first-order chi connectivity index (χ1) is 36.2. The highest BCUT2D eigenvalue weighted by Gasteiger charge is 2.75. The van der Waals surface area contributed by atoms with Crippen molar-refractivity contribution in [3.8, 4) is 58.0 Å². The molecule has 4 aromatic rings. The van der Waals surface area contributed by atoms with Crippen molar-refractivity contribution in [1.82, 2.24) is 15.6 Å². The van der Waals surface area contributed by atoms with Gasteiger partial charge in [0.05, 0.1) is 12.6 Å². The van der Waals surface area contributed by atoms with Gasteiger partial charge in [-0.2, -0.15) is 0 Å². The molecule has 2 aromatic heterocycles. The molecule has 14 N–H and O–H groups in total. The predicted molar refractivity (Wildman–Crippen MR) is 261 cm³/mol. The molecule has 8 aliphatic rings. The number of hydrogen-bond donors (Lipinski definition) is 14. The number of ether oxygens (including phenoxy) is 4. The van der Waals surface area contributed by atoms with Gasteiger partial charge in [-0.3, -0.25) is 10.1 Å². The number of dihydropyridines is 1. The number of phenols is 3. The Balaban J connectivity index is 1.21. The number of carbonyl (C=O) groups excluding carboxylic acids is 1. The molecule has 3 saturated heterocycles. The van der Waals surface area contributed by atoms with Crippen LogP contribution in [0.3, 0.4) is 0 Å². The summed E-state index contributed by atoms with van der Waals surface area (Å²) in [4.78, 5) is 45.9. The molecule has 4 bridgehead atoms. The number of aromatic nitrogens is 1. The minimum Gasteiger partial charge on any atom is -0.507 e. The second-order valence-corrected chi connectivity index (χ2v) is 20.2. The van der Waals surface area contributed by atoms with Gasteiger partial charge in [-0.25, -0.2) is 9.59 Å². The van der Waals surface area contributed by atoms with Crippen molar-refractivity contribution >= 4 is 22.9 Å². The fraction of sp³-hybridized carbons (Fsp3) is 0.426. The third-order valence-corrected chi connectivity index (χ3v) is 15.9. The normalized spacial score (nSPS) is 34.4. The Bertz CT molecular complexity index is 3430. The van der Waals surface area contributed by atoms with E-state index in [0.29, 0.717) is 35.5 Å². The first-order valence-electron chi connectivity index (χ1n) is 24.7. The lowest BCUT2D eigenvalue weighted by atomic mass is 9.67. The second kappa shape index (κ2) is 18.2. The molecule has 13 atom stereocenters. The lowest BCUT2D eigenvalue weighted by Crippen LogP contribution is -2.80. The van der Waals surface area contributed by atoms with E-state index < -0.39 is 119 Å². The minimum absolute atomic E-state index is 0.0363. The monoisotopic (exact) mass is 1050 g/mol. The number of carboxylic acid groups (broad SMARTS) is 1. The van der Waals surface area contributed by atoms with Crippen molar-refractivity contribution in [3.05, 3.63) is 104 Å². The number of esters is 1. The van der Waals surface area contributed by atoms with E-state index in [1.165, 1.54) is 12.1 Å².